The van der Waals surface area contributed by atoms with E-state index in [9.17, 15) is 0 Å². The Morgan fingerprint density at radius 3 is 2.62 bits per heavy atom. The van der Waals surface area contributed by atoms with Crippen molar-refractivity contribution >= 4 is 22.8 Å². The molecule has 0 spiro atoms. The zero-order valence-corrected chi connectivity index (χ0v) is 14.4. The molecule has 3 rings (SSSR count). The van der Waals surface area contributed by atoms with Crippen molar-refractivity contribution in [3.05, 3.63) is 11.5 Å². The van der Waals surface area contributed by atoms with Crippen molar-refractivity contribution in [3.8, 4) is 0 Å². The van der Waals surface area contributed by atoms with E-state index in [2.05, 4.69) is 23.5 Å². The number of rotatable bonds is 2. The molecule has 2 heterocycles. The lowest BCUT2D eigenvalue weighted by molar-refractivity contribution is 0.206. The second kappa shape index (κ2) is 5.31. The molecule has 0 aromatic carbocycles. The maximum atomic E-state index is 6.42. The van der Waals surface area contributed by atoms with E-state index < -0.39 is 0 Å². The third-order valence-electron chi connectivity index (χ3n) is 4.94. The van der Waals surface area contributed by atoms with Gasteiger partial charge in [0, 0.05) is 13.1 Å². The predicted octanol–water partition coefficient (Wildman–Crippen LogP) is 4.38. The van der Waals surface area contributed by atoms with Gasteiger partial charge in [-0.25, -0.2) is 4.98 Å². The molecule has 2 aromatic rings. The summed E-state index contributed by atoms with van der Waals surface area (Å²) in [6, 6.07) is 0.484. The number of aryl methyl sites for hydroxylation is 2. The number of imidazole rings is 1. The standard InChI is InChI=1S/C16H25ClN4/c1-9-6-7-13(10(2)8-9)21-15(11(3)17)18-14-12(4)19-20(5)16(14)21/h9-11,13H,6-8H2,1-5H3. The Bertz CT molecular complexity index is 655. The molecule has 0 radical (unpaired) electrons. The van der Waals surface area contributed by atoms with Gasteiger partial charge >= 0.3 is 0 Å². The number of hydrogen-bond donors (Lipinski definition) is 0. The average Bonchev–Trinajstić information content (AvgIpc) is 2.90. The maximum absolute atomic E-state index is 6.42. The fourth-order valence-electron chi connectivity index (χ4n) is 3.95. The minimum absolute atomic E-state index is 0.0802. The summed E-state index contributed by atoms with van der Waals surface area (Å²) in [6.45, 7) is 8.75. The van der Waals surface area contributed by atoms with Crippen molar-refractivity contribution in [2.24, 2.45) is 18.9 Å². The molecule has 1 saturated carbocycles. The Labute approximate surface area is 131 Å². The van der Waals surface area contributed by atoms with Gasteiger partial charge in [-0.2, -0.15) is 5.10 Å². The minimum atomic E-state index is -0.0802. The molecule has 2 aromatic heterocycles. The van der Waals surface area contributed by atoms with Crippen LogP contribution < -0.4 is 0 Å². The van der Waals surface area contributed by atoms with Gasteiger partial charge in [0.25, 0.3) is 0 Å². The molecule has 0 N–H and O–H groups in total. The lowest BCUT2D eigenvalue weighted by Gasteiger charge is -2.35. The highest BCUT2D eigenvalue weighted by atomic mass is 35.5. The van der Waals surface area contributed by atoms with Crippen LogP contribution in [0.2, 0.25) is 0 Å². The van der Waals surface area contributed by atoms with Crippen molar-refractivity contribution < 1.29 is 0 Å². The predicted molar refractivity (Wildman–Crippen MR) is 86.7 cm³/mol. The van der Waals surface area contributed by atoms with Gasteiger partial charge in [0.1, 0.15) is 11.3 Å². The zero-order valence-electron chi connectivity index (χ0n) is 13.6. The molecule has 116 valence electrons. The number of fused-ring (bicyclic) bond motifs is 1. The van der Waals surface area contributed by atoms with Crippen molar-refractivity contribution in [1.29, 1.82) is 0 Å². The second-order valence-electron chi connectivity index (χ2n) is 6.80. The molecule has 5 heteroatoms. The first-order chi connectivity index (χ1) is 9.90. The Morgan fingerprint density at radius 1 is 1.29 bits per heavy atom. The molecule has 0 bridgehead atoms. The van der Waals surface area contributed by atoms with E-state index in [0.717, 1.165) is 28.6 Å². The Hall–Kier alpha value is -1.03. The highest BCUT2D eigenvalue weighted by molar-refractivity contribution is 6.20. The van der Waals surface area contributed by atoms with Crippen LogP contribution >= 0.6 is 11.6 Å². The topological polar surface area (TPSA) is 35.6 Å². The SMILES string of the molecule is Cc1nn(C)c2c1nc(C(C)Cl)n2C1CCC(C)CC1C. The molecule has 1 aliphatic carbocycles. The summed E-state index contributed by atoms with van der Waals surface area (Å²) < 4.78 is 4.34. The Kier molecular flexibility index (Phi) is 3.76. The number of nitrogens with zero attached hydrogens (tertiary/aromatic N) is 4. The van der Waals surface area contributed by atoms with Crippen LogP contribution in [0.15, 0.2) is 0 Å². The van der Waals surface area contributed by atoms with Crippen LogP contribution in [0.4, 0.5) is 0 Å². The number of halogens is 1. The van der Waals surface area contributed by atoms with Crippen LogP contribution in [-0.2, 0) is 7.05 Å². The molecule has 1 fully saturated rings. The zero-order chi connectivity index (χ0) is 15.3. The summed E-state index contributed by atoms with van der Waals surface area (Å²) in [4.78, 5) is 4.81. The molecule has 4 atom stereocenters. The number of hydrogen-bond acceptors (Lipinski definition) is 2. The molecule has 4 unspecified atom stereocenters. The second-order valence-corrected chi connectivity index (χ2v) is 7.45. The third kappa shape index (κ3) is 2.37. The Balaban J connectivity index is 2.17. The summed E-state index contributed by atoms with van der Waals surface area (Å²) in [5.74, 6) is 2.46. The van der Waals surface area contributed by atoms with Gasteiger partial charge < -0.3 is 4.57 Å². The van der Waals surface area contributed by atoms with Crippen LogP contribution in [0.25, 0.3) is 11.2 Å². The summed E-state index contributed by atoms with van der Waals surface area (Å²) in [6.07, 6.45) is 3.76. The van der Waals surface area contributed by atoms with Gasteiger partial charge in [-0.15, -0.1) is 11.6 Å². The number of alkyl halides is 1. The van der Waals surface area contributed by atoms with Crippen molar-refractivity contribution in [2.45, 2.75) is 58.4 Å². The summed E-state index contributed by atoms with van der Waals surface area (Å²) in [7, 11) is 2.01. The summed E-state index contributed by atoms with van der Waals surface area (Å²) >= 11 is 6.42. The fraction of sp³-hybridized carbons (Fsp3) is 0.750. The molecule has 0 amide bonds. The monoisotopic (exact) mass is 308 g/mol. The largest absolute Gasteiger partial charge is 0.308 e. The lowest BCUT2D eigenvalue weighted by atomic mass is 9.79. The van der Waals surface area contributed by atoms with Crippen LogP contribution in [0.5, 0.6) is 0 Å². The van der Waals surface area contributed by atoms with E-state index in [1.807, 2.05) is 25.6 Å². The van der Waals surface area contributed by atoms with E-state index in [4.69, 9.17) is 16.6 Å². The quantitative estimate of drug-likeness (QED) is 0.772. The van der Waals surface area contributed by atoms with Crippen molar-refractivity contribution in [1.82, 2.24) is 19.3 Å². The normalized spacial score (nSPS) is 28.2. The molecule has 21 heavy (non-hydrogen) atoms. The minimum Gasteiger partial charge on any atom is -0.308 e. The van der Waals surface area contributed by atoms with Crippen LogP contribution in [0, 0.1) is 18.8 Å². The van der Waals surface area contributed by atoms with Crippen molar-refractivity contribution in [2.75, 3.05) is 0 Å². The van der Waals surface area contributed by atoms with E-state index in [0.29, 0.717) is 12.0 Å². The van der Waals surface area contributed by atoms with E-state index in [-0.39, 0.29) is 5.38 Å². The third-order valence-corrected chi connectivity index (χ3v) is 5.13. The summed E-state index contributed by atoms with van der Waals surface area (Å²) in [5.41, 5.74) is 3.12. The lowest BCUT2D eigenvalue weighted by Crippen LogP contribution is -2.26. The van der Waals surface area contributed by atoms with E-state index >= 15 is 0 Å². The van der Waals surface area contributed by atoms with E-state index in [1.165, 1.54) is 19.3 Å². The van der Waals surface area contributed by atoms with Gasteiger partial charge in [-0.05, 0) is 44.9 Å². The average molecular weight is 309 g/mol. The first-order valence-electron chi connectivity index (χ1n) is 7.95. The first-order valence-corrected chi connectivity index (χ1v) is 8.39. The smallest absolute Gasteiger partial charge is 0.158 e. The van der Waals surface area contributed by atoms with Gasteiger partial charge in [0.2, 0.25) is 0 Å². The van der Waals surface area contributed by atoms with Crippen LogP contribution in [-0.4, -0.2) is 19.3 Å². The highest BCUT2D eigenvalue weighted by Gasteiger charge is 2.32. The van der Waals surface area contributed by atoms with Gasteiger partial charge in [-0.1, -0.05) is 13.8 Å². The van der Waals surface area contributed by atoms with Crippen LogP contribution in [0.3, 0.4) is 0 Å². The van der Waals surface area contributed by atoms with Crippen molar-refractivity contribution in [3.63, 3.8) is 0 Å². The molecule has 0 saturated heterocycles. The first kappa shape index (κ1) is 14.9. The molecule has 0 aliphatic heterocycles. The molecular weight excluding hydrogens is 284 g/mol. The molecule has 1 aliphatic rings. The number of aromatic nitrogens is 4. The van der Waals surface area contributed by atoms with Gasteiger partial charge in [0.15, 0.2) is 5.65 Å². The fourth-order valence-corrected chi connectivity index (χ4v) is 4.11. The highest BCUT2D eigenvalue weighted by Crippen LogP contribution is 2.40. The molecular formula is C16H25ClN4. The molecule has 4 nitrogen and oxygen atoms in total. The van der Waals surface area contributed by atoms with Gasteiger partial charge in [0.05, 0.1) is 11.1 Å². The van der Waals surface area contributed by atoms with Gasteiger partial charge in [-0.3, -0.25) is 4.68 Å². The maximum Gasteiger partial charge on any atom is 0.158 e. The summed E-state index contributed by atoms with van der Waals surface area (Å²) in [5, 5.41) is 4.46. The van der Waals surface area contributed by atoms with E-state index in [1.54, 1.807) is 0 Å². The Morgan fingerprint density at radius 2 is 2.00 bits per heavy atom. The van der Waals surface area contributed by atoms with Crippen LogP contribution in [0.1, 0.15) is 63.0 Å².